The maximum absolute atomic E-state index is 5.76. The Morgan fingerprint density at radius 1 is 1.33 bits per heavy atom. The minimum atomic E-state index is -0.232. The molecule has 100 valence electrons. The van der Waals surface area contributed by atoms with Crippen LogP contribution in [0.3, 0.4) is 0 Å². The van der Waals surface area contributed by atoms with Crippen molar-refractivity contribution in [3.63, 3.8) is 0 Å². The molecule has 0 unspecified atom stereocenters. The zero-order chi connectivity index (χ0) is 12.4. The monoisotopic (exact) mass is 267 g/mol. The molecule has 1 aliphatic carbocycles. The predicted molar refractivity (Wildman–Crippen MR) is 72.8 cm³/mol. The Bertz CT molecular complexity index is 363. The lowest BCUT2D eigenvalue weighted by Crippen LogP contribution is -2.42. The Kier molecular flexibility index (Phi) is 3.71. The number of hydrogen-bond acceptors (Lipinski definition) is 4. The molecule has 0 bridgehead atoms. The number of hydrogen-bond donors (Lipinski definition) is 1. The summed E-state index contributed by atoms with van der Waals surface area (Å²) < 4.78 is 11.5. The van der Waals surface area contributed by atoms with E-state index in [-0.39, 0.29) is 5.79 Å². The van der Waals surface area contributed by atoms with Crippen LogP contribution in [0.15, 0.2) is 17.5 Å². The Morgan fingerprint density at radius 3 is 2.67 bits per heavy atom. The van der Waals surface area contributed by atoms with E-state index in [0.717, 1.165) is 38.9 Å². The minimum Gasteiger partial charge on any atom is -0.348 e. The van der Waals surface area contributed by atoms with Gasteiger partial charge in [0.15, 0.2) is 5.79 Å². The second-order valence-electron chi connectivity index (χ2n) is 5.29. The fourth-order valence-corrected chi connectivity index (χ4v) is 3.73. The van der Waals surface area contributed by atoms with Gasteiger partial charge in [-0.25, -0.2) is 0 Å². The van der Waals surface area contributed by atoms with Crippen LogP contribution in [0.1, 0.15) is 43.5 Å². The fraction of sp³-hybridized carbons (Fsp3) is 0.714. The van der Waals surface area contributed by atoms with E-state index in [2.05, 4.69) is 29.8 Å². The van der Waals surface area contributed by atoms with Gasteiger partial charge in [0.05, 0.1) is 13.2 Å². The minimum absolute atomic E-state index is 0.232. The molecule has 4 heteroatoms. The summed E-state index contributed by atoms with van der Waals surface area (Å²) >= 11 is 1.83. The molecule has 1 spiro atoms. The van der Waals surface area contributed by atoms with E-state index in [0.29, 0.717) is 12.1 Å². The van der Waals surface area contributed by atoms with Crippen molar-refractivity contribution in [3.05, 3.63) is 22.4 Å². The molecule has 1 aromatic rings. The number of rotatable bonds is 3. The van der Waals surface area contributed by atoms with Crippen LogP contribution < -0.4 is 5.32 Å². The van der Waals surface area contributed by atoms with Crippen LogP contribution in [0, 0.1) is 0 Å². The molecule has 1 N–H and O–H groups in total. The molecule has 1 atom stereocenters. The van der Waals surface area contributed by atoms with Crippen molar-refractivity contribution in [1.29, 1.82) is 0 Å². The van der Waals surface area contributed by atoms with Crippen LogP contribution in [-0.2, 0) is 9.47 Å². The summed E-state index contributed by atoms with van der Waals surface area (Å²) in [6, 6.07) is 5.37. The molecule has 0 amide bonds. The van der Waals surface area contributed by atoms with Gasteiger partial charge in [0.2, 0.25) is 0 Å². The van der Waals surface area contributed by atoms with Crippen molar-refractivity contribution in [2.45, 2.75) is 50.5 Å². The molecule has 2 fully saturated rings. The van der Waals surface area contributed by atoms with Gasteiger partial charge in [-0.15, -0.1) is 11.3 Å². The van der Waals surface area contributed by atoms with Gasteiger partial charge in [0.25, 0.3) is 0 Å². The molecule has 1 aliphatic heterocycles. The van der Waals surface area contributed by atoms with Crippen LogP contribution in [0.25, 0.3) is 0 Å². The number of thiophene rings is 1. The smallest absolute Gasteiger partial charge is 0.168 e. The Hall–Kier alpha value is -0.420. The zero-order valence-electron chi connectivity index (χ0n) is 10.9. The average Bonchev–Trinajstić information content (AvgIpc) is 3.04. The first-order valence-corrected chi connectivity index (χ1v) is 7.73. The third-order valence-corrected chi connectivity index (χ3v) is 5.07. The van der Waals surface area contributed by atoms with Crippen LogP contribution >= 0.6 is 11.3 Å². The molecule has 2 aliphatic rings. The van der Waals surface area contributed by atoms with Gasteiger partial charge in [0, 0.05) is 29.8 Å². The van der Waals surface area contributed by atoms with Crippen molar-refractivity contribution in [3.8, 4) is 0 Å². The molecular formula is C14H21NO2S. The first kappa shape index (κ1) is 12.6. The van der Waals surface area contributed by atoms with Crippen molar-refractivity contribution < 1.29 is 9.47 Å². The molecule has 3 rings (SSSR count). The Labute approximate surface area is 112 Å². The van der Waals surface area contributed by atoms with Crippen molar-refractivity contribution in [2.24, 2.45) is 0 Å². The van der Waals surface area contributed by atoms with E-state index in [1.807, 2.05) is 11.3 Å². The highest BCUT2D eigenvalue weighted by atomic mass is 32.1. The van der Waals surface area contributed by atoms with E-state index in [9.17, 15) is 0 Å². The lowest BCUT2D eigenvalue weighted by Gasteiger charge is -2.36. The largest absolute Gasteiger partial charge is 0.348 e. The van der Waals surface area contributed by atoms with E-state index < -0.39 is 0 Å². The van der Waals surface area contributed by atoms with E-state index in [1.54, 1.807) is 0 Å². The first-order valence-electron chi connectivity index (χ1n) is 6.85. The summed E-state index contributed by atoms with van der Waals surface area (Å²) in [5, 5.41) is 5.87. The second-order valence-corrected chi connectivity index (χ2v) is 6.26. The highest BCUT2D eigenvalue weighted by molar-refractivity contribution is 7.10. The van der Waals surface area contributed by atoms with Gasteiger partial charge in [-0.05, 0) is 31.2 Å². The molecule has 1 saturated carbocycles. The van der Waals surface area contributed by atoms with E-state index in [1.165, 1.54) is 4.88 Å². The van der Waals surface area contributed by atoms with Crippen LogP contribution in [0.5, 0.6) is 0 Å². The van der Waals surface area contributed by atoms with Gasteiger partial charge < -0.3 is 14.8 Å². The Balaban J connectivity index is 1.51. The van der Waals surface area contributed by atoms with E-state index >= 15 is 0 Å². The molecule has 1 saturated heterocycles. The molecule has 18 heavy (non-hydrogen) atoms. The van der Waals surface area contributed by atoms with Crippen LogP contribution in [0.2, 0.25) is 0 Å². The highest BCUT2D eigenvalue weighted by Crippen LogP contribution is 2.36. The van der Waals surface area contributed by atoms with E-state index in [4.69, 9.17) is 9.47 Å². The number of nitrogens with one attached hydrogen (secondary N) is 1. The maximum Gasteiger partial charge on any atom is 0.168 e. The van der Waals surface area contributed by atoms with Gasteiger partial charge in [0.1, 0.15) is 0 Å². The molecule has 3 nitrogen and oxygen atoms in total. The van der Waals surface area contributed by atoms with Crippen LogP contribution in [-0.4, -0.2) is 25.0 Å². The second kappa shape index (κ2) is 5.29. The molecule has 0 radical (unpaired) electrons. The third kappa shape index (κ3) is 2.62. The highest BCUT2D eigenvalue weighted by Gasteiger charge is 2.40. The van der Waals surface area contributed by atoms with Gasteiger partial charge in [-0.1, -0.05) is 6.07 Å². The molecule has 1 aromatic heterocycles. The third-order valence-electron chi connectivity index (χ3n) is 4.02. The van der Waals surface area contributed by atoms with Gasteiger partial charge in [-0.2, -0.15) is 0 Å². The lowest BCUT2D eigenvalue weighted by molar-refractivity contribution is -0.179. The van der Waals surface area contributed by atoms with Gasteiger partial charge in [-0.3, -0.25) is 0 Å². The molecule has 0 aromatic carbocycles. The average molecular weight is 267 g/mol. The van der Waals surface area contributed by atoms with Crippen molar-refractivity contribution >= 4 is 11.3 Å². The van der Waals surface area contributed by atoms with Crippen molar-refractivity contribution in [2.75, 3.05) is 13.2 Å². The summed E-state index contributed by atoms with van der Waals surface area (Å²) in [6.45, 7) is 3.78. The SMILES string of the molecule is C[C@@H](NC1CCC2(CC1)OCCO2)c1cccs1. The standard InChI is InChI=1S/C14H21NO2S/c1-11(13-3-2-10-18-13)15-12-4-6-14(7-5-12)16-8-9-17-14/h2-3,10-12,15H,4-9H2,1H3/t11-/m1/s1. The normalized spacial score (nSPS) is 25.6. The summed E-state index contributed by atoms with van der Waals surface area (Å²) in [4.78, 5) is 1.42. The molecule has 2 heterocycles. The lowest BCUT2D eigenvalue weighted by atomic mass is 9.89. The topological polar surface area (TPSA) is 30.5 Å². The number of ether oxygens (including phenoxy) is 2. The summed E-state index contributed by atoms with van der Waals surface area (Å²) in [5.74, 6) is -0.232. The summed E-state index contributed by atoms with van der Waals surface area (Å²) in [6.07, 6.45) is 4.36. The van der Waals surface area contributed by atoms with Crippen LogP contribution in [0.4, 0.5) is 0 Å². The fourth-order valence-electron chi connectivity index (χ4n) is 2.98. The quantitative estimate of drug-likeness (QED) is 0.913. The van der Waals surface area contributed by atoms with Crippen molar-refractivity contribution in [1.82, 2.24) is 5.32 Å². The first-order chi connectivity index (χ1) is 8.77. The molecular weight excluding hydrogens is 246 g/mol. The zero-order valence-corrected chi connectivity index (χ0v) is 11.7. The van der Waals surface area contributed by atoms with Gasteiger partial charge >= 0.3 is 0 Å². The Morgan fingerprint density at radius 2 is 2.06 bits per heavy atom. The summed E-state index contributed by atoms with van der Waals surface area (Å²) in [5.41, 5.74) is 0. The predicted octanol–water partition coefficient (Wildman–Crippen LogP) is 3.08. The maximum atomic E-state index is 5.76. The summed E-state index contributed by atoms with van der Waals surface area (Å²) in [7, 11) is 0.